The average molecular weight is 350 g/mol. The van der Waals surface area contributed by atoms with Crippen molar-refractivity contribution in [2.24, 2.45) is 0 Å². The zero-order chi connectivity index (χ0) is 17.1. The van der Waals surface area contributed by atoms with Crippen LogP contribution in [0.4, 0.5) is 0 Å². The number of carbonyl (C=O) groups is 2. The van der Waals surface area contributed by atoms with Gasteiger partial charge in [0, 0.05) is 0 Å². The van der Waals surface area contributed by atoms with Gasteiger partial charge in [0.25, 0.3) is 21.8 Å². The lowest BCUT2D eigenvalue weighted by Crippen LogP contribution is -2.52. The summed E-state index contributed by atoms with van der Waals surface area (Å²) in [4.78, 5) is 29.7. The zero-order valence-corrected chi connectivity index (χ0v) is 13.3. The zero-order valence-electron chi connectivity index (χ0n) is 12.5. The molecule has 0 saturated heterocycles. The van der Waals surface area contributed by atoms with Crippen molar-refractivity contribution in [3.63, 3.8) is 0 Å². The highest BCUT2D eigenvalue weighted by atomic mass is 32.2. The summed E-state index contributed by atoms with van der Waals surface area (Å²) in [5.74, 6) is -1.50. The third-order valence-corrected chi connectivity index (χ3v) is 6.52. The largest absolute Gasteiger partial charge is 0.277 e. The van der Waals surface area contributed by atoms with Crippen LogP contribution in [0.2, 0.25) is 0 Å². The van der Waals surface area contributed by atoms with Gasteiger partial charge in [-0.25, -0.2) is 18.6 Å². The van der Waals surface area contributed by atoms with E-state index in [1.54, 1.807) is 12.1 Å². The minimum atomic E-state index is -4.10. The average Bonchev–Trinajstić information content (AvgIpc) is 2.97. The van der Waals surface area contributed by atoms with Crippen LogP contribution >= 0.6 is 0 Å². The number of amides is 2. The normalized spacial score (nSPS) is 26.0. The van der Waals surface area contributed by atoms with Crippen LogP contribution in [0.15, 0.2) is 34.7 Å². The van der Waals surface area contributed by atoms with Crippen LogP contribution in [-0.2, 0) is 14.9 Å². The molecule has 24 heavy (non-hydrogen) atoms. The first-order valence-electron chi connectivity index (χ1n) is 7.53. The molecule has 2 heterocycles. The molecule has 9 heteroatoms. The fourth-order valence-electron chi connectivity index (χ4n) is 3.50. The summed E-state index contributed by atoms with van der Waals surface area (Å²) < 4.78 is 26.3. The summed E-state index contributed by atoms with van der Waals surface area (Å²) in [6.07, 6.45) is 0.792. The molecule has 0 fully saturated rings. The number of benzene rings is 1. The smallest absolute Gasteiger partial charge is 0.267 e. The molecule has 0 bridgehead atoms. The second-order valence-corrected chi connectivity index (χ2v) is 7.68. The second-order valence-electron chi connectivity index (χ2n) is 5.86. The van der Waals surface area contributed by atoms with E-state index in [1.165, 1.54) is 12.1 Å². The summed E-state index contributed by atoms with van der Waals surface area (Å²) in [6.45, 7) is 0. The highest BCUT2D eigenvalue weighted by molar-refractivity contribution is 7.93. The van der Waals surface area contributed by atoms with Gasteiger partial charge in [0.05, 0.1) is 16.0 Å². The Morgan fingerprint density at radius 3 is 2.21 bits per heavy atom. The number of imide groups is 1. The first kappa shape index (κ1) is 15.5. The first-order valence-corrected chi connectivity index (χ1v) is 8.97. The van der Waals surface area contributed by atoms with Crippen molar-refractivity contribution in [2.45, 2.75) is 31.9 Å². The Balaban J connectivity index is 1.83. The molecule has 126 valence electrons. The lowest BCUT2D eigenvalue weighted by atomic mass is 9.98. The Labute approximate surface area is 137 Å². The van der Waals surface area contributed by atoms with Gasteiger partial charge in [-0.2, -0.15) is 5.01 Å². The minimum absolute atomic E-state index is 0.124. The monoisotopic (exact) mass is 350 g/mol. The molecular weight excluding hydrogens is 336 g/mol. The highest BCUT2D eigenvalue weighted by Crippen LogP contribution is 2.43. The standard InChI is InChI=1S/C15H14N2O6S/c18-13-9-5-1-2-6-10(9)14(19)16(13)17-15(23-20)11-7-3-4-8-12(11)24(17,21)22/h1-2,5-6,15,20H,3-4,7-8H2. The van der Waals surface area contributed by atoms with Crippen LogP contribution in [0.1, 0.15) is 46.4 Å². The van der Waals surface area contributed by atoms with Gasteiger partial charge < -0.3 is 0 Å². The van der Waals surface area contributed by atoms with Crippen LogP contribution in [0.5, 0.6) is 0 Å². The van der Waals surface area contributed by atoms with E-state index in [0.29, 0.717) is 34.3 Å². The fraction of sp³-hybridized carbons (Fsp3) is 0.333. The Hall–Kier alpha value is -2.07. The van der Waals surface area contributed by atoms with Gasteiger partial charge in [0.15, 0.2) is 0 Å². The van der Waals surface area contributed by atoms with Crippen molar-refractivity contribution in [1.29, 1.82) is 0 Å². The summed E-state index contributed by atoms with van der Waals surface area (Å²) in [5, 5.41) is 9.82. The summed E-state index contributed by atoms with van der Waals surface area (Å²) in [5.41, 5.74) is 0.652. The lowest BCUT2D eigenvalue weighted by molar-refractivity contribution is -0.300. The fourth-order valence-corrected chi connectivity index (χ4v) is 5.44. The maximum absolute atomic E-state index is 12.9. The number of sulfonamides is 1. The molecule has 1 aromatic rings. The lowest BCUT2D eigenvalue weighted by Gasteiger charge is -2.28. The predicted octanol–water partition coefficient (Wildman–Crippen LogP) is 1.49. The van der Waals surface area contributed by atoms with Crippen molar-refractivity contribution >= 4 is 21.8 Å². The van der Waals surface area contributed by atoms with Gasteiger partial charge in [-0.1, -0.05) is 16.5 Å². The van der Waals surface area contributed by atoms with E-state index in [0.717, 1.165) is 6.42 Å². The number of rotatable bonds is 2. The third-order valence-electron chi connectivity index (χ3n) is 4.58. The van der Waals surface area contributed by atoms with Crippen molar-refractivity contribution in [2.75, 3.05) is 0 Å². The van der Waals surface area contributed by atoms with Crippen LogP contribution in [0, 0.1) is 0 Å². The van der Waals surface area contributed by atoms with Crippen LogP contribution in [-0.4, -0.2) is 41.1 Å². The molecule has 2 aliphatic heterocycles. The Bertz CT molecular complexity index is 856. The molecule has 8 nitrogen and oxygen atoms in total. The topological polar surface area (TPSA) is 104 Å². The van der Waals surface area contributed by atoms with Crippen molar-refractivity contribution in [3.05, 3.63) is 45.9 Å². The summed E-state index contributed by atoms with van der Waals surface area (Å²) in [6, 6.07) is 6.10. The Morgan fingerprint density at radius 2 is 1.62 bits per heavy atom. The number of allylic oxidation sites excluding steroid dienone is 1. The molecule has 4 rings (SSSR count). The summed E-state index contributed by atoms with van der Waals surface area (Å²) >= 11 is 0. The summed E-state index contributed by atoms with van der Waals surface area (Å²) in [7, 11) is -4.10. The Kier molecular flexibility index (Phi) is 3.36. The van der Waals surface area contributed by atoms with Crippen LogP contribution < -0.4 is 0 Å². The van der Waals surface area contributed by atoms with Gasteiger partial charge in [-0.3, -0.25) is 9.59 Å². The first-order chi connectivity index (χ1) is 11.5. The van der Waals surface area contributed by atoms with Gasteiger partial charge in [0.2, 0.25) is 6.23 Å². The number of hydrogen-bond acceptors (Lipinski definition) is 6. The number of carbonyl (C=O) groups excluding carboxylic acids is 2. The predicted molar refractivity (Wildman–Crippen MR) is 80.7 cm³/mol. The SMILES string of the molecule is O=C1c2ccccc2C(=O)N1N1C(OO)C2=C(CCCC2)S1(=O)=O. The second kappa shape index (κ2) is 5.21. The Morgan fingerprint density at radius 1 is 1.04 bits per heavy atom. The highest BCUT2D eigenvalue weighted by Gasteiger charge is 2.55. The maximum atomic E-state index is 12.9. The van der Waals surface area contributed by atoms with E-state index in [-0.39, 0.29) is 16.0 Å². The van der Waals surface area contributed by atoms with E-state index < -0.39 is 28.1 Å². The maximum Gasteiger partial charge on any atom is 0.277 e. The molecule has 1 N–H and O–H groups in total. The van der Waals surface area contributed by atoms with Crippen molar-refractivity contribution < 1.29 is 28.2 Å². The molecule has 2 amide bonds. The molecule has 1 aliphatic carbocycles. The van der Waals surface area contributed by atoms with Crippen LogP contribution in [0.25, 0.3) is 0 Å². The number of hydrazine groups is 1. The van der Waals surface area contributed by atoms with Crippen LogP contribution in [0.3, 0.4) is 0 Å². The van der Waals surface area contributed by atoms with E-state index in [2.05, 4.69) is 4.89 Å². The van der Waals surface area contributed by atoms with Gasteiger partial charge in [0.1, 0.15) is 0 Å². The molecule has 0 spiro atoms. The van der Waals surface area contributed by atoms with Gasteiger partial charge in [-0.05, 0) is 43.4 Å². The molecule has 0 aromatic heterocycles. The number of hydrogen-bond donors (Lipinski definition) is 1. The number of nitrogens with zero attached hydrogens (tertiary/aromatic N) is 2. The van der Waals surface area contributed by atoms with E-state index in [4.69, 9.17) is 0 Å². The molecule has 0 saturated carbocycles. The third kappa shape index (κ3) is 1.86. The quantitative estimate of drug-likeness (QED) is 0.492. The van der Waals surface area contributed by atoms with Gasteiger partial charge >= 0.3 is 0 Å². The molecule has 3 aliphatic rings. The van der Waals surface area contributed by atoms with E-state index in [1.807, 2.05) is 0 Å². The van der Waals surface area contributed by atoms with E-state index >= 15 is 0 Å². The number of fused-ring (bicyclic) bond motifs is 1. The van der Waals surface area contributed by atoms with Crippen molar-refractivity contribution in [3.8, 4) is 0 Å². The van der Waals surface area contributed by atoms with E-state index in [9.17, 15) is 23.3 Å². The molecular formula is C15H14N2O6S. The van der Waals surface area contributed by atoms with Gasteiger partial charge in [-0.15, -0.1) is 0 Å². The molecule has 1 atom stereocenters. The minimum Gasteiger partial charge on any atom is -0.267 e. The molecule has 0 radical (unpaired) electrons. The van der Waals surface area contributed by atoms with Crippen molar-refractivity contribution in [1.82, 2.24) is 9.42 Å². The molecule has 1 aromatic carbocycles. The molecule has 1 unspecified atom stereocenters.